The highest BCUT2D eigenvalue weighted by Gasteiger charge is 2.11. The molecule has 25 heavy (non-hydrogen) atoms. The quantitative estimate of drug-likeness (QED) is 0.756. The van der Waals surface area contributed by atoms with Crippen LogP contribution >= 0.6 is 0 Å². The Morgan fingerprint density at radius 1 is 1.00 bits per heavy atom. The lowest BCUT2D eigenvalue weighted by Crippen LogP contribution is -2.27. The number of anilines is 1. The molecule has 2 amide bonds. The summed E-state index contributed by atoms with van der Waals surface area (Å²) in [5.41, 5.74) is 9.22. The molecule has 0 bridgehead atoms. The Hall–Kier alpha value is -2.66. The molecule has 0 heterocycles. The minimum Gasteiger partial charge on any atom is -0.352 e. The van der Waals surface area contributed by atoms with Crippen LogP contribution in [0.1, 0.15) is 45.7 Å². The van der Waals surface area contributed by atoms with Crippen LogP contribution in [0.15, 0.2) is 42.5 Å². The van der Waals surface area contributed by atoms with Gasteiger partial charge in [-0.3, -0.25) is 9.59 Å². The number of aryl methyl sites for hydroxylation is 1. The van der Waals surface area contributed by atoms with Gasteiger partial charge in [0.15, 0.2) is 0 Å². The van der Waals surface area contributed by atoms with Crippen molar-refractivity contribution in [3.05, 3.63) is 64.7 Å². The van der Waals surface area contributed by atoms with Crippen molar-refractivity contribution in [1.29, 1.82) is 0 Å². The van der Waals surface area contributed by atoms with E-state index in [-0.39, 0.29) is 11.8 Å². The first-order valence-electron chi connectivity index (χ1n) is 8.40. The Bertz CT molecular complexity index is 752. The van der Waals surface area contributed by atoms with Gasteiger partial charge in [-0.05, 0) is 54.3 Å². The van der Waals surface area contributed by atoms with Crippen molar-refractivity contribution < 1.29 is 9.59 Å². The van der Waals surface area contributed by atoms with Crippen LogP contribution in [0.5, 0.6) is 0 Å². The molecule has 0 saturated heterocycles. The summed E-state index contributed by atoms with van der Waals surface area (Å²) in [6.45, 7) is 7.04. The van der Waals surface area contributed by atoms with Crippen LogP contribution in [0, 0.1) is 12.8 Å². The summed E-state index contributed by atoms with van der Waals surface area (Å²) in [5.74, 6) is 0.102. The third-order valence-corrected chi connectivity index (χ3v) is 3.86. The molecule has 0 aromatic heterocycles. The van der Waals surface area contributed by atoms with Crippen molar-refractivity contribution >= 4 is 17.5 Å². The number of nitrogens with two attached hydrogens (primary N) is 1. The van der Waals surface area contributed by atoms with Gasteiger partial charge in [-0.1, -0.05) is 26.0 Å². The number of nitrogens with one attached hydrogen (secondary N) is 2. The fourth-order valence-electron chi connectivity index (χ4n) is 2.33. The smallest absolute Gasteiger partial charge is 0.255 e. The first-order valence-corrected chi connectivity index (χ1v) is 8.40. The molecule has 0 fully saturated rings. The summed E-state index contributed by atoms with van der Waals surface area (Å²) in [6.07, 6.45) is 0. The topological polar surface area (TPSA) is 84.2 Å². The molecule has 2 rings (SSSR count). The van der Waals surface area contributed by atoms with Crippen molar-refractivity contribution in [2.75, 3.05) is 11.9 Å². The lowest BCUT2D eigenvalue weighted by Gasteiger charge is -2.12. The predicted molar refractivity (Wildman–Crippen MR) is 101 cm³/mol. The molecule has 0 aliphatic rings. The highest BCUT2D eigenvalue weighted by Crippen LogP contribution is 2.18. The number of hydrogen-bond donors (Lipinski definition) is 3. The van der Waals surface area contributed by atoms with Gasteiger partial charge >= 0.3 is 0 Å². The number of hydrogen-bond acceptors (Lipinski definition) is 3. The van der Waals surface area contributed by atoms with Crippen LogP contribution in [0.25, 0.3) is 0 Å². The Balaban J connectivity index is 2.07. The molecule has 0 atom stereocenters. The van der Waals surface area contributed by atoms with Gasteiger partial charge in [0.25, 0.3) is 11.8 Å². The zero-order valence-corrected chi connectivity index (χ0v) is 14.9. The number of carbonyl (C=O) groups is 2. The average Bonchev–Trinajstić information content (AvgIpc) is 2.61. The van der Waals surface area contributed by atoms with Crippen LogP contribution in [0.2, 0.25) is 0 Å². The van der Waals surface area contributed by atoms with Crippen molar-refractivity contribution in [2.45, 2.75) is 27.3 Å². The summed E-state index contributed by atoms with van der Waals surface area (Å²) in [7, 11) is 0. The molecule has 5 heteroatoms. The number of carbonyl (C=O) groups excluding carboxylic acids is 2. The van der Waals surface area contributed by atoms with E-state index in [0.717, 1.165) is 11.1 Å². The summed E-state index contributed by atoms with van der Waals surface area (Å²) in [5, 5.41) is 5.76. The Kier molecular flexibility index (Phi) is 6.31. The van der Waals surface area contributed by atoms with Crippen LogP contribution in [0.3, 0.4) is 0 Å². The van der Waals surface area contributed by atoms with Gasteiger partial charge in [-0.2, -0.15) is 0 Å². The lowest BCUT2D eigenvalue weighted by atomic mass is 10.1. The van der Waals surface area contributed by atoms with E-state index in [0.29, 0.717) is 35.8 Å². The Morgan fingerprint density at radius 2 is 1.64 bits per heavy atom. The average molecular weight is 339 g/mol. The zero-order chi connectivity index (χ0) is 18.4. The van der Waals surface area contributed by atoms with E-state index in [1.54, 1.807) is 30.3 Å². The molecular formula is C20H25N3O2. The molecule has 2 aromatic carbocycles. The standard InChI is InChI=1S/C20H25N3O2/c1-13(2)12-22-19(24)17-8-9-18(14(3)10-17)23-20(25)16-6-4-15(11-21)5-7-16/h4-10,13H,11-12,21H2,1-3H3,(H,22,24)(H,23,25). The highest BCUT2D eigenvalue weighted by molar-refractivity contribution is 6.05. The minimum absolute atomic E-state index is 0.105. The minimum atomic E-state index is -0.191. The van der Waals surface area contributed by atoms with E-state index in [4.69, 9.17) is 5.73 Å². The third kappa shape index (κ3) is 5.16. The normalized spacial score (nSPS) is 10.6. The van der Waals surface area contributed by atoms with E-state index in [9.17, 15) is 9.59 Å². The van der Waals surface area contributed by atoms with Crippen LogP contribution < -0.4 is 16.4 Å². The van der Waals surface area contributed by atoms with Crippen LogP contribution in [0.4, 0.5) is 5.69 Å². The Labute approximate surface area is 148 Å². The molecule has 0 aliphatic heterocycles. The maximum absolute atomic E-state index is 12.3. The van der Waals surface area contributed by atoms with Gasteiger partial charge < -0.3 is 16.4 Å². The SMILES string of the molecule is Cc1cc(C(=O)NCC(C)C)ccc1NC(=O)c1ccc(CN)cc1. The van der Waals surface area contributed by atoms with Crippen molar-refractivity contribution in [2.24, 2.45) is 11.7 Å². The number of rotatable bonds is 6. The second-order valence-corrected chi connectivity index (χ2v) is 6.49. The fourth-order valence-corrected chi connectivity index (χ4v) is 2.33. The maximum Gasteiger partial charge on any atom is 0.255 e. The highest BCUT2D eigenvalue weighted by atomic mass is 16.2. The van der Waals surface area contributed by atoms with Gasteiger partial charge in [0.05, 0.1) is 0 Å². The first kappa shape index (κ1) is 18.7. The number of amides is 2. The molecule has 0 saturated carbocycles. The van der Waals surface area contributed by atoms with E-state index < -0.39 is 0 Å². The predicted octanol–water partition coefficient (Wildman–Crippen LogP) is 3.09. The largest absolute Gasteiger partial charge is 0.352 e. The van der Waals surface area contributed by atoms with E-state index in [1.807, 2.05) is 32.9 Å². The van der Waals surface area contributed by atoms with Crippen LogP contribution in [-0.4, -0.2) is 18.4 Å². The van der Waals surface area contributed by atoms with Crippen LogP contribution in [-0.2, 0) is 6.54 Å². The van der Waals surface area contributed by atoms with Gasteiger partial charge in [0.1, 0.15) is 0 Å². The molecule has 2 aromatic rings. The molecule has 132 valence electrons. The monoisotopic (exact) mass is 339 g/mol. The summed E-state index contributed by atoms with van der Waals surface area (Å²) < 4.78 is 0. The fraction of sp³-hybridized carbons (Fsp3) is 0.300. The molecule has 0 radical (unpaired) electrons. The molecular weight excluding hydrogens is 314 g/mol. The maximum atomic E-state index is 12.3. The summed E-state index contributed by atoms with van der Waals surface area (Å²) in [4.78, 5) is 24.4. The van der Waals surface area contributed by atoms with E-state index in [1.165, 1.54) is 0 Å². The second-order valence-electron chi connectivity index (χ2n) is 6.49. The zero-order valence-electron chi connectivity index (χ0n) is 14.9. The summed E-state index contributed by atoms with van der Waals surface area (Å²) in [6, 6.07) is 12.4. The molecule has 0 unspecified atom stereocenters. The van der Waals surface area contributed by atoms with Crippen molar-refractivity contribution in [1.82, 2.24) is 5.32 Å². The lowest BCUT2D eigenvalue weighted by molar-refractivity contribution is 0.0948. The molecule has 0 aliphatic carbocycles. The third-order valence-electron chi connectivity index (χ3n) is 3.86. The molecule has 4 N–H and O–H groups in total. The summed E-state index contributed by atoms with van der Waals surface area (Å²) >= 11 is 0. The molecule has 5 nitrogen and oxygen atoms in total. The number of benzene rings is 2. The van der Waals surface area contributed by atoms with Crippen molar-refractivity contribution in [3.8, 4) is 0 Å². The van der Waals surface area contributed by atoms with Gasteiger partial charge in [-0.15, -0.1) is 0 Å². The van der Waals surface area contributed by atoms with Gasteiger partial charge in [0.2, 0.25) is 0 Å². The van der Waals surface area contributed by atoms with Gasteiger partial charge in [0, 0.05) is 29.9 Å². The van der Waals surface area contributed by atoms with E-state index >= 15 is 0 Å². The first-order chi connectivity index (χ1) is 11.9. The van der Waals surface area contributed by atoms with Crippen molar-refractivity contribution in [3.63, 3.8) is 0 Å². The Morgan fingerprint density at radius 3 is 2.20 bits per heavy atom. The van der Waals surface area contributed by atoms with E-state index in [2.05, 4.69) is 10.6 Å². The molecule has 0 spiro atoms. The van der Waals surface area contributed by atoms with Gasteiger partial charge in [-0.25, -0.2) is 0 Å². The second kappa shape index (κ2) is 8.44.